The first-order valence-electron chi connectivity index (χ1n) is 11.1. The Kier molecular flexibility index (Phi) is 7.04. The first kappa shape index (κ1) is 22.5. The molecule has 1 aliphatic heterocycles. The number of piperazine rings is 1. The molecule has 0 spiro atoms. The van der Waals surface area contributed by atoms with Gasteiger partial charge in [-0.1, -0.05) is 42.5 Å². The van der Waals surface area contributed by atoms with Crippen molar-refractivity contribution in [1.29, 1.82) is 0 Å². The fraction of sp³-hybridized carbons (Fsp3) is 0.320. The van der Waals surface area contributed by atoms with Gasteiger partial charge in [0.15, 0.2) is 0 Å². The Morgan fingerprint density at radius 2 is 1.79 bits per heavy atom. The summed E-state index contributed by atoms with van der Waals surface area (Å²) < 4.78 is 7.20. The van der Waals surface area contributed by atoms with Crippen molar-refractivity contribution in [3.8, 4) is 17.0 Å². The zero-order valence-electron chi connectivity index (χ0n) is 19.0. The highest BCUT2D eigenvalue weighted by Gasteiger charge is 2.27. The molecule has 2 amide bonds. The monoisotopic (exact) mass is 447 g/mol. The van der Waals surface area contributed by atoms with Crippen molar-refractivity contribution in [3.05, 3.63) is 71.9 Å². The maximum Gasteiger partial charge on any atom is 0.257 e. The molecule has 8 heteroatoms. The fourth-order valence-corrected chi connectivity index (χ4v) is 3.97. The van der Waals surface area contributed by atoms with Gasteiger partial charge in [0, 0.05) is 45.0 Å². The standard InChI is InChI=1S/C25H29N5O3/c1-26-23(31)18-28-11-13-29(14-12-28)25(32)22-17-30(16-19-7-4-3-5-8-19)27-24(22)20-9-6-10-21(15-20)33-2/h3-10,15,17H,11-14,16,18H2,1-2H3,(H,26,31). The molecule has 1 aliphatic rings. The van der Waals surface area contributed by atoms with Crippen LogP contribution in [0, 0.1) is 0 Å². The van der Waals surface area contributed by atoms with Crippen molar-refractivity contribution in [2.45, 2.75) is 6.54 Å². The van der Waals surface area contributed by atoms with Crippen LogP contribution in [-0.4, -0.2) is 78.3 Å². The minimum Gasteiger partial charge on any atom is -0.497 e. The van der Waals surface area contributed by atoms with Crippen LogP contribution >= 0.6 is 0 Å². The highest BCUT2D eigenvalue weighted by atomic mass is 16.5. The Morgan fingerprint density at radius 3 is 2.48 bits per heavy atom. The molecule has 33 heavy (non-hydrogen) atoms. The Balaban J connectivity index is 1.59. The van der Waals surface area contributed by atoms with Crippen LogP contribution in [0.5, 0.6) is 5.75 Å². The number of methoxy groups -OCH3 is 1. The molecule has 1 N–H and O–H groups in total. The number of ether oxygens (including phenoxy) is 1. The van der Waals surface area contributed by atoms with E-state index in [9.17, 15) is 9.59 Å². The highest BCUT2D eigenvalue weighted by Crippen LogP contribution is 2.27. The molecule has 0 atom stereocenters. The summed E-state index contributed by atoms with van der Waals surface area (Å²) in [6.07, 6.45) is 1.83. The number of carbonyl (C=O) groups excluding carboxylic acids is 2. The lowest BCUT2D eigenvalue weighted by Gasteiger charge is -2.34. The van der Waals surface area contributed by atoms with E-state index in [0.29, 0.717) is 56.3 Å². The summed E-state index contributed by atoms with van der Waals surface area (Å²) in [6, 6.07) is 17.7. The number of amides is 2. The van der Waals surface area contributed by atoms with Crippen molar-refractivity contribution in [2.75, 3.05) is 46.9 Å². The number of aromatic nitrogens is 2. The van der Waals surface area contributed by atoms with Gasteiger partial charge in [-0.05, 0) is 17.7 Å². The lowest BCUT2D eigenvalue weighted by molar-refractivity contribution is -0.122. The predicted molar refractivity (Wildman–Crippen MR) is 126 cm³/mol. The van der Waals surface area contributed by atoms with E-state index in [2.05, 4.69) is 10.2 Å². The van der Waals surface area contributed by atoms with Crippen LogP contribution in [0.2, 0.25) is 0 Å². The van der Waals surface area contributed by atoms with E-state index in [1.165, 1.54) is 0 Å². The molecule has 172 valence electrons. The van der Waals surface area contributed by atoms with Crippen molar-refractivity contribution < 1.29 is 14.3 Å². The summed E-state index contributed by atoms with van der Waals surface area (Å²) in [5.74, 6) is 0.648. The quantitative estimate of drug-likeness (QED) is 0.600. The van der Waals surface area contributed by atoms with Gasteiger partial charge in [0.2, 0.25) is 5.91 Å². The van der Waals surface area contributed by atoms with Crippen LogP contribution in [-0.2, 0) is 11.3 Å². The van der Waals surface area contributed by atoms with Gasteiger partial charge in [0.05, 0.1) is 25.8 Å². The number of nitrogens with one attached hydrogen (secondary N) is 1. The number of hydrogen-bond donors (Lipinski definition) is 1. The zero-order valence-corrected chi connectivity index (χ0v) is 19.0. The van der Waals surface area contributed by atoms with Crippen LogP contribution < -0.4 is 10.1 Å². The lowest BCUT2D eigenvalue weighted by Crippen LogP contribution is -2.50. The predicted octanol–water partition coefficient (Wildman–Crippen LogP) is 2.11. The van der Waals surface area contributed by atoms with E-state index in [0.717, 1.165) is 11.1 Å². The Morgan fingerprint density at radius 1 is 1.03 bits per heavy atom. The Bertz CT molecular complexity index is 1100. The maximum absolute atomic E-state index is 13.5. The second-order valence-electron chi connectivity index (χ2n) is 8.05. The number of benzene rings is 2. The third kappa shape index (κ3) is 5.40. The van der Waals surface area contributed by atoms with Gasteiger partial charge in [-0.25, -0.2) is 0 Å². The van der Waals surface area contributed by atoms with E-state index >= 15 is 0 Å². The van der Waals surface area contributed by atoms with Crippen LogP contribution in [0.25, 0.3) is 11.3 Å². The molecule has 2 aromatic carbocycles. The fourth-order valence-electron chi connectivity index (χ4n) is 3.97. The summed E-state index contributed by atoms with van der Waals surface area (Å²) >= 11 is 0. The topological polar surface area (TPSA) is 79.7 Å². The van der Waals surface area contributed by atoms with Gasteiger partial charge in [-0.2, -0.15) is 5.10 Å². The molecule has 3 aromatic rings. The zero-order chi connectivity index (χ0) is 23.2. The smallest absolute Gasteiger partial charge is 0.257 e. The summed E-state index contributed by atoms with van der Waals surface area (Å²) in [5.41, 5.74) is 3.16. The van der Waals surface area contributed by atoms with Crippen molar-refractivity contribution >= 4 is 11.8 Å². The maximum atomic E-state index is 13.5. The number of carbonyl (C=O) groups is 2. The molecule has 0 unspecified atom stereocenters. The largest absolute Gasteiger partial charge is 0.497 e. The van der Waals surface area contributed by atoms with Crippen molar-refractivity contribution in [3.63, 3.8) is 0 Å². The van der Waals surface area contributed by atoms with E-state index in [1.54, 1.807) is 14.2 Å². The van der Waals surface area contributed by atoms with E-state index in [1.807, 2.05) is 70.4 Å². The molecular formula is C25H29N5O3. The third-order valence-electron chi connectivity index (χ3n) is 5.83. The van der Waals surface area contributed by atoms with Crippen LogP contribution in [0.3, 0.4) is 0 Å². The summed E-state index contributed by atoms with van der Waals surface area (Å²) in [4.78, 5) is 29.1. The van der Waals surface area contributed by atoms with Crippen LogP contribution in [0.4, 0.5) is 0 Å². The average Bonchev–Trinajstić information content (AvgIpc) is 3.28. The van der Waals surface area contributed by atoms with Crippen molar-refractivity contribution in [1.82, 2.24) is 24.9 Å². The highest BCUT2D eigenvalue weighted by molar-refractivity contribution is 6.00. The summed E-state index contributed by atoms with van der Waals surface area (Å²) in [6.45, 7) is 3.37. The van der Waals surface area contributed by atoms with Crippen LogP contribution in [0.15, 0.2) is 60.8 Å². The van der Waals surface area contributed by atoms with Gasteiger partial charge < -0.3 is 15.0 Å². The normalized spacial score (nSPS) is 14.2. The van der Waals surface area contributed by atoms with Gasteiger partial charge in [0.1, 0.15) is 11.4 Å². The molecule has 1 fully saturated rings. The van der Waals surface area contributed by atoms with E-state index < -0.39 is 0 Å². The third-order valence-corrected chi connectivity index (χ3v) is 5.83. The summed E-state index contributed by atoms with van der Waals surface area (Å²) in [7, 11) is 3.26. The van der Waals surface area contributed by atoms with Gasteiger partial charge >= 0.3 is 0 Å². The molecule has 4 rings (SSSR count). The first-order chi connectivity index (χ1) is 16.1. The minimum absolute atomic E-state index is 0.0164. The molecule has 0 radical (unpaired) electrons. The first-order valence-corrected chi connectivity index (χ1v) is 11.1. The molecule has 1 aromatic heterocycles. The van der Waals surface area contributed by atoms with Gasteiger partial charge in [-0.3, -0.25) is 19.2 Å². The number of nitrogens with zero attached hydrogens (tertiary/aromatic N) is 4. The molecule has 1 saturated heterocycles. The Labute approximate surface area is 193 Å². The minimum atomic E-state index is -0.0493. The lowest BCUT2D eigenvalue weighted by atomic mass is 10.1. The van der Waals surface area contributed by atoms with Crippen molar-refractivity contribution in [2.24, 2.45) is 0 Å². The molecule has 0 bridgehead atoms. The van der Waals surface area contributed by atoms with E-state index in [-0.39, 0.29) is 11.8 Å². The molecular weight excluding hydrogens is 418 g/mol. The second kappa shape index (κ2) is 10.3. The van der Waals surface area contributed by atoms with Gasteiger partial charge in [-0.15, -0.1) is 0 Å². The number of rotatable bonds is 7. The Hall–Kier alpha value is -3.65. The molecule has 8 nitrogen and oxygen atoms in total. The molecule has 2 heterocycles. The molecule has 0 saturated carbocycles. The average molecular weight is 448 g/mol. The van der Waals surface area contributed by atoms with E-state index in [4.69, 9.17) is 9.84 Å². The van der Waals surface area contributed by atoms with Crippen LogP contribution in [0.1, 0.15) is 15.9 Å². The second-order valence-corrected chi connectivity index (χ2v) is 8.05. The number of likely N-dealkylation sites (N-methyl/N-ethyl adjacent to an activating group) is 1. The SMILES string of the molecule is CNC(=O)CN1CCN(C(=O)c2cn(Cc3ccccc3)nc2-c2cccc(OC)c2)CC1. The summed E-state index contributed by atoms with van der Waals surface area (Å²) in [5, 5.41) is 7.43. The van der Waals surface area contributed by atoms with Gasteiger partial charge in [0.25, 0.3) is 5.91 Å². The molecule has 0 aliphatic carbocycles. The number of hydrogen-bond acceptors (Lipinski definition) is 5.